The zero-order valence-electron chi connectivity index (χ0n) is 20.7. The van der Waals surface area contributed by atoms with Gasteiger partial charge in [0, 0.05) is 63.4 Å². The molecule has 1 heterocycles. The first-order valence-electron chi connectivity index (χ1n) is 12.3. The van der Waals surface area contributed by atoms with E-state index < -0.39 is 12.5 Å². The smallest absolute Gasteiger partial charge is 0.165 e. The van der Waals surface area contributed by atoms with E-state index in [1.165, 1.54) is 0 Å². The van der Waals surface area contributed by atoms with Gasteiger partial charge in [-0.3, -0.25) is 0 Å². The molecule has 4 atom stereocenters. The van der Waals surface area contributed by atoms with Crippen molar-refractivity contribution in [2.24, 2.45) is 17.6 Å². The van der Waals surface area contributed by atoms with Crippen molar-refractivity contribution in [3.8, 4) is 0 Å². The number of allylic oxidation sites excluding steroid dienone is 2. The highest BCUT2D eigenvalue weighted by Crippen LogP contribution is 2.45. The quantitative estimate of drug-likeness (QED) is 0.118. The van der Waals surface area contributed by atoms with Gasteiger partial charge in [-0.05, 0) is 49.0 Å². The predicted molar refractivity (Wildman–Crippen MR) is 139 cm³/mol. The van der Waals surface area contributed by atoms with Crippen LogP contribution in [0.3, 0.4) is 0 Å². The van der Waals surface area contributed by atoms with Crippen LogP contribution in [-0.2, 0) is 0 Å². The number of nitrogens with zero attached hydrogens (tertiary/aromatic N) is 1. The second kappa shape index (κ2) is 13.2. The summed E-state index contributed by atoms with van der Waals surface area (Å²) < 4.78 is 0. The molecule has 10 N–H and O–H groups in total. The first kappa shape index (κ1) is 26.7. The maximum absolute atomic E-state index is 10.8. The third-order valence-electron chi connectivity index (χ3n) is 6.41. The summed E-state index contributed by atoms with van der Waals surface area (Å²) in [5.74, 6) is 1.48. The Labute approximate surface area is 208 Å². The number of nitrogens with one attached hydrogen (secondary N) is 5. The van der Waals surface area contributed by atoms with Crippen LogP contribution >= 0.6 is 0 Å². The van der Waals surface area contributed by atoms with E-state index in [0.717, 1.165) is 49.4 Å². The van der Waals surface area contributed by atoms with E-state index in [-0.39, 0.29) is 6.61 Å². The molecule has 4 unspecified atom stereocenters. The molecule has 1 aromatic carbocycles. The largest absolute Gasteiger partial charge is 0.395 e. The Morgan fingerprint density at radius 2 is 2.06 bits per heavy atom. The Bertz CT molecular complexity index is 888. The summed E-state index contributed by atoms with van der Waals surface area (Å²) in [6, 6.07) is 7.76. The number of rotatable bonds is 15. The lowest BCUT2D eigenvalue weighted by molar-refractivity contribution is 0.120. The second-order valence-corrected chi connectivity index (χ2v) is 8.87. The van der Waals surface area contributed by atoms with Crippen LogP contribution in [0.5, 0.6) is 0 Å². The lowest BCUT2D eigenvalue weighted by Crippen LogP contribution is -2.38. The molecule has 1 fully saturated rings. The fourth-order valence-corrected chi connectivity index (χ4v) is 4.17. The minimum absolute atomic E-state index is 0.131. The van der Waals surface area contributed by atoms with Gasteiger partial charge in [-0.25, -0.2) is 0 Å². The van der Waals surface area contributed by atoms with E-state index >= 15 is 0 Å². The van der Waals surface area contributed by atoms with Gasteiger partial charge in [-0.2, -0.15) is 0 Å². The molecule has 10 nitrogen and oxygen atoms in total. The minimum atomic E-state index is -0.946. The molecule has 1 saturated carbocycles. The summed E-state index contributed by atoms with van der Waals surface area (Å²) in [6.45, 7) is 6.11. The van der Waals surface area contributed by atoms with Gasteiger partial charge in [-0.15, -0.1) is 0 Å². The number of benzene rings is 1. The SMILES string of the molecule is CCN(CCNCCO)c1ccc(C(O)NC2=CC(C3CC3CN/C=C(\N)NC)=CNC2O)cc1. The van der Waals surface area contributed by atoms with Crippen molar-refractivity contribution in [1.82, 2.24) is 26.6 Å². The van der Waals surface area contributed by atoms with E-state index in [2.05, 4.69) is 38.4 Å². The number of nitrogens with two attached hydrogens (primary N) is 1. The Kier molecular flexibility index (Phi) is 10.1. The normalized spacial score (nSPS) is 22.4. The van der Waals surface area contributed by atoms with Gasteiger partial charge in [0.15, 0.2) is 12.5 Å². The number of dihydropyridines is 1. The lowest BCUT2D eigenvalue weighted by atomic mass is 10.1. The Morgan fingerprint density at radius 3 is 2.74 bits per heavy atom. The van der Waals surface area contributed by atoms with Crippen molar-refractivity contribution in [3.05, 3.63) is 65.4 Å². The molecule has 1 aliphatic carbocycles. The van der Waals surface area contributed by atoms with E-state index in [1.807, 2.05) is 36.5 Å². The van der Waals surface area contributed by atoms with Crippen LogP contribution in [0.2, 0.25) is 0 Å². The number of likely N-dealkylation sites (N-methyl/N-ethyl adjacent to an activating group) is 1. The molecule has 10 heteroatoms. The fourth-order valence-electron chi connectivity index (χ4n) is 4.17. The summed E-state index contributed by atoms with van der Waals surface area (Å²) in [4.78, 5) is 2.23. The van der Waals surface area contributed by atoms with Crippen LogP contribution in [0.4, 0.5) is 5.69 Å². The molecule has 2 aliphatic rings. The van der Waals surface area contributed by atoms with Crippen molar-refractivity contribution in [2.75, 3.05) is 51.3 Å². The monoisotopic (exact) mass is 487 g/mol. The molecule has 35 heavy (non-hydrogen) atoms. The third kappa shape index (κ3) is 7.79. The maximum Gasteiger partial charge on any atom is 0.165 e. The maximum atomic E-state index is 10.8. The predicted octanol–water partition coefficient (Wildman–Crippen LogP) is -0.433. The summed E-state index contributed by atoms with van der Waals surface area (Å²) in [6.07, 6.45) is 4.77. The molecular formula is C25H41N7O3. The Balaban J connectivity index is 1.54. The first-order valence-corrected chi connectivity index (χ1v) is 12.3. The van der Waals surface area contributed by atoms with Gasteiger partial charge >= 0.3 is 0 Å². The van der Waals surface area contributed by atoms with Crippen molar-refractivity contribution in [3.63, 3.8) is 0 Å². The number of hydrogen-bond donors (Lipinski definition) is 9. The average Bonchev–Trinajstić information content (AvgIpc) is 3.65. The van der Waals surface area contributed by atoms with E-state index in [1.54, 1.807) is 13.2 Å². The summed E-state index contributed by atoms with van der Waals surface area (Å²) in [5.41, 5.74) is 9.16. The van der Waals surface area contributed by atoms with Crippen LogP contribution in [0, 0.1) is 11.8 Å². The van der Waals surface area contributed by atoms with Gasteiger partial charge in [0.2, 0.25) is 0 Å². The Morgan fingerprint density at radius 1 is 1.29 bits per heavy atom. The third-order valence-corrected chi connectivity index (χ3v) is 6.41. The second-order valence-electron chi connectivity index (χ2n) is 8.87. The van der Waals surface area contributed by atoms with Gasteiger partial charge < -0.3 is 52.5 Å². The molecule has 0 amide bonds. The average molecular weight is 488 g/mol. The zero-order valence-corrected chi connectivity index (χ0v) is 20.7. The number of aliphatic hydroxyl groups is 3. The highest BCUT2D eigenvalue weighted by atomic mass is 16.3. The molecule has 1 aliphatic heterocycles. The highest BCUT2D eigenvalue weighted by molar-refractivity contribution is 5.48. The molecule has 0 spiro atoms. The van der Waals surface area contributed by atoms with Gasteiger partial charge in [0.05, 0.1) is 12.3 Å². The standard InChI is InChI=1S/C25H41N7O3/c1-3-32(10-8-28-9-11-33)20-6-4-17(5-7-20)24(34)31-22-13-19(15-30-25(22)35)21-12-18(21)14-29-16-23(26)27-2/h4-7,13,15-16,18,21,24-25,27-31,33-35H,3,8-12,14,26H2,1-2H3/b23-16+. The van der Waals surface area contributed by atoms with Crippen molar-refractivity contribution in [1.29, 1.82) is 0 Å². The fraction of sp³-hybridized carbons (Fsp3) is 0.520. The van der Waals surface area contributed by atoms with Crippen LogP contribution in [-0.4, -0.2) is 67.9 Å². The van der Waals surface area contributed by atoms with Crippen LogP contribution in [0.15, 0.2) is 59.8 Å². The molecular weight excluding hydrogens is 446 g/mol. The Hall–Kier alpha value is -2.92. The number of hydrogen-bond acceptors (Lipinski definition) is 10. The number of anilines is 1. The van der Waals surface area contributed by atoms with Crippen LogP contribution in [0.25, 0.3) is 0 Å². The van der Waals surface area contributed by atoms with Crippen molar-refractivity contribution >= 4 is 5.69 Å². The molecule has 1 aromatic rings. The zero-order chi connectivity index (χ0) is 25.2. The van der Waals surface area contributed by atoms with Crippen molar-refractivity contribution < 1.29 is 15.3 Å². The lowest BCUT2D eigenvalue weighted by Gasteiger charge is -2.26. The number of aliphatic hydroxyl groups excluding tert-OH is 3. The molecule has 0 radical (unpaired) electrons. The highest BCUT2D eigenvalue weighted by Gasteiger charge is 2.39. The molecule has 0 bridgehead atoms. The van der Waals surface area contributed by atoms with E-state index in [9.17, 15) is 10.2 Å². The van der Waals surface area contributed by atoms with E-state index in [0.29, 0.717) is 29.9 Å². The summed E-state index contributed by atoms with van der Waals surface area (Å²) >= 11 is 0. The topological polar surface area (TPSA) is 150 Å². The molecule has 194 valence electrons. The van der Waals surface area contributed by atoms with Gasteiger partial charge in [0.25, 0.3) is 0 Å². The molecule has 0 saturated heterocycles. The van der Waals surface area contributed by atoms with Gasteiger partial charge in [-0.1, -0.05) is 12.1 Å². The van der Waals surface area contributed by atoms with Crippen LogP contribution in [0.1, 0.15) is 25.1 Å². The molecule has 3 rings (SSSR count). The minimum Gasteiger partial charge on any atom is -0.395 e. The van der Waals surface area contributed by atoms with E-state index in [4.69, 9.17) is 10.8 Å². The summed E-state index contributed by atoms with van der Waals surface area (Å²) in [7, 11) is 1.78. The van der Waals surface area contributed by atoms with Crippen molar-refractivity contribution in [2.45, 2.75) is 25.8 Å². The molecule has 0 aromatic heterocycles. The first-order chi connectivity index (χ1) is 17.0. The summed E-state index contributed by atoms with van der Waals surface area (Å²) in [5, 5.41) is 45.4. The van der Waals surface area contributed by atoms with Crippen LogP contribution < -0.4 is 37.2 Å². The van der Waals surface area contributed by atoms with Gasteiger partial charge in [0.1, 0.15) is 5.82 Å².